The SMILES string of the molecule is N#Cc1ccc(OCc2ccc(Cl)cc2F)c(F)c1. The predicted octanol–water partition coefficient (Wildman–Crippen LogP) is 4.07. The number of hydrogen-bond acceptors (Lipinski definition) is 2. The third-order valence-electron chi connectivity index (χ3n) is 2.46. The monoisotopic (exact) mass is 279 g/mol. The molecule has 0 heterocycles. The van der Waals surface area contributed by atoms with Crippen LogP contribution in [0.3, 0.4) is 0 Å². The molecule has 96 valence electrons. The molecule has 0 aliphatic heterocycles. The Kier molecular flexibility index (Phi) is 3.98. The lowest BCUT2D eigenvalue weighted by atomic mass is 10.2. The highest BCUT2D eigenvalue weighted by atomic mass is 35.5. The van der Waals surface area contributed by atoms with Crippen LogP contribution in [0.15, 0.2) is 36.4 Å². The molecule has 0 saturated heterocycles. The highest BCUT2D eigenvalue weighted by Gasteiger charge is 2.07. The van der Waals surface area contributed by atoms with Crippen LogP contribution in [0.1, 0.15) is 11.1 Å². The Morgan fingerprint density at radius 3 is 2.53 bits per heavy atom. The topological polar surface area (TPSA) is 33.0 Å². The Bertz CT molecular complexity index is 652. The van der Waals surface area contributed by atoms with Crippen LogP contribution in [0.4, 0.5) is 8.78 Å². The van der Waals surface area contributed by atoms with Crippen molar-refractivity contribution < 1.29 is 13.5 Å². The van der Waals surface area contributed by atoms with E-state index in [4.69, 9.17) is 21.6 Å². The summed E-state index contributed by atoms with van der Waals surface area (Å²) >= 11 is 5.62. The van der Waals surface area contributed by atoms with E-state index in [9.17, 15) is 8.78 Å². The molecule has 0 aliphatic carbocycles. The first kappa shape index (κ1) is 13.3. The summed E-state index contributed by atoms with van der Waals surface area (Å²) in [6, 6.07) is 9.80. The average Bonchev–Trinajstić information content (AvgIpc) is 2.39. The molecule has 2 aromatic carbocycles. The van der Waals surface area contributed by atoms with Crippen LogP contribution in [-0.4, -0.2) is 0 Å². The molecular weight excluding hydrogens is 272 g/mol. The van der Waals surface area contributed by atoms with Gasteiger partial charge >= 0.3 is 0 Å². The number of ether oxygens (including phenoxy) is 1. The van der Waals surface area contributed by atoms with Crippen molar-refractivity contribution in [3.05, 3.63) is 64.2 Å². The summed E-state index contributed by atoms with van der Waals surface area (Å²) in [5, 5.41) is 8.89. The number of rotatable bonds is 3. The van der Waals surface area contributed by atoms with Gasteiger partial charge in [-0.3, -0.25) is 0 Å². The van der Waals surface area contributed by atoms with E-state index < -0.39 is 11.6 Å². The van der Waals surface area contributed by atoms with Crippen LogP contribution in [0.2, 0.25) is 5.02 Å². The molecule has 19 heavy (non-hydrogen) atoms. The van der Waals surface area contributed by atoms with Crippen LogP contribution in [0.25, 0.3) is 0 Å². The Balaban J connectivity index is 2.13. The van der Waals surface area contributed by atoms with Gasteiger partial charge in [0.1, 0.15) is 12.4 Å². The molecule has 0 saturated carbocycles. The predicted molar refractivity (Wildman–Crippen MR) is 66.9 cm³/mol. The normalized spacial score (nSPS) is 10.0. The van der Waals surface area contributed by atoms with Crippen molar-refractivity contribution in [3.63, 3.8) is 0 Å². The van der Waals surface area contributed by atoms with Gasteiger partial charge < -0.3 is 4.74 Å². The van der Waals surface area contributed by atoms with Crippen molar-refractivity contribution in [1.82, 2.24) is 0 Å². The van der Waals surface area contributed by atoms with Crippen LogP contribution >= 0.6 is 11.6 Å². The van der Waals surface area contributed by atoms with Crippen molar-refractivity contribution in [3.8, 4) is 11.8 Å². The second-order valence-electron chi connectivity index (χ2n) is 3.78. The molecule has 0 N–H and O–H groups in total. The van der Waals surface area contributed by atoms with E-state index in [1.54, 1.807) is 0 Å². The van der Waals surface area contributed by atoms with Crippen LogP contribution in [0, 0.1) is 23.0 Å². The van der Waals surface area contributed by atoms with Crippen molar-refractivity contribution in [2.45, 2.75) is 6.61 Å². The summed E-state index contributed by atoms with van der Waals surface area (Å²) in [5.41, 5.74) is 0.468. The van der Waals surface area contributed by atoms with Gasteiger partial charge in [-0.05, 0) is 30.3 Å². The zero-order chi connectivity index (χ0) is 13.8. The zero-order valence-corrected chi connectivity index (χ0v) is 10.4. The van der Waals surface area contributed by atoms with E-state index in [0.717, 1.165) is 12.1 Å². The zero-order valence-electron chi connectivity index (χ0n) is 9.66. The van der Waals surface area contributed by atoms with Gasteiger partial charge in [-0.15, -0.1) is 0 Å². The summed E-state index contributed by atoms with van der Waals surface area (Å²) in [4.78, 5) is 0. The highest BCUT2D eigenvalue weighted by Crippen LogP contribution is 2.21. The van der Waals surface area contributed by atoms with E-state index in [0.29, 0.717) is 0 Å². The lowest BCUT2D eigenvalue weighted by Gasteiger charge is -2.08. The lowest BCUT2D eigenvalue weighted by Crippen LogP contribution is -2.00. The second kappa shape index (κ2) is 5.68. The molecule has 2 rings (SSSR count). The van der Waals surface area contributed by atoms with Crippen molar-refractivity contribution in [2.24, 2.45) is 0 Å². The summed E-state index contributed by atoms with van der Waals surface area (Å²) in [6.07, 6.45) is 0. The van der Waals surface area contributed by atoms with E-state index in [1.165, 1.54) is 24.3 Å². The smallest absolute Gasteiger partial charge is 0.166 e. The van der Waals surface area contributed by atoms with Crippen LogP contribution in [0.5, 0.6) is 5.75 Å². The van der Waals surface area contributed by atoms with E-state index in [2.05, 4.69) is 0 Å². The Hall–Kier alpha value is -2.12. The maximum absolute atomic E-state index is 13.5. The molecule has 2 aromatic rings. The maximum atomic E-state index is 13.5. The molecule has 0 atom stereocenters. The van der Waals surface area contributed by atoms with Gasteiger partial charge in [-0.1, -0.05) is 17.7 Å². The number of halogens is 3. The summed E-state index contributed by atoms with van der Waals surface area (Å²) in [5.74, 6) is -1.21. The number of nitrogens with zero attached hydrogens (tertiary/aromatic N) is 1. The number of hydrogen-bond donors (Lipinski definition) is 0. The van der Waals surface area contributed by atoms with E-state index in [1.807, 2.05) is 6.07 Å². The molecule has 0 aliphatic rings. The molecular formula is C14H8ClF2NO. The first-order valence-electron chi connectivity index (χ1n) is 5.36. The van der Waals surface area contributed by atoms with Gasteiger partial charge in [0.2, 0.25) is 0 Å². The fraction of sp³-hybridized carbons (Fsp3) is 0.0714. The molecule has 0 unspecified atom stereocenters. The fourth-order valence-electron chi connectivity index (χ4n) is 1.48. The van der Waals surface area contributed by atoms with E-state index in [-0.39, 0.29) is 28.5 Å². The van der Waals surface area contributed by atoms with Crippen molar-refractivity contribution >= 4 is 11.6 Å². The molecule has 2 nitrogen and oxygen atoms in total. The molecule has 0 aromatic heterocycles. The van der Waals surface area contributed by atoms with Gasteiger partial charge in [0.25, 0.3) is 0 Å². The average molecular weight is 280 g/mol. The Morgan fingerprint density at radius 1 is 1.11 bits per heavy atom. The molecule has 0 spiro atoms. The lowest BCUT2D eigenvalue weighted by molar-refractivity contribution is 0.285. The van der Waals surface area contributed by atoms with Crippen LogP contribution < -0.4 is 4.74 Å². The molecule has 5 heteroatoms. The Morgan fingerprint density at radius 2 is 1.89 bits per heavy atom. The van der Waals surface area contributed by atoms with Crippen LogP contribution in [-0.2, 0) is 6.61 Å². The van der Waals surface area contributed by atoms with Gasteiger partial charge in [0, 0.05) is 10.6 Å². The summed E-state index contributed by atoms with van der Waals surface area (Å²) < 4.78 is 32.2. The van der Waals surface area contributed by atoms with Gasteiger partial charge in [0.15, 0.2) is 11.6 Å². The number of nitriles is 1. The third-order valence-corrected chi connectivity index (χ3v) is 2.69. The third kappa shape index (κ3) is 3.21. The quantitative estimate of drug-likeness (QED) is 0.848. The minimum atomic E-state index is -0.659. The fourth-order valence-corrected chi connectivity index (χ4v) is 1.64. The van der Waals surface area contributed by atoms with E-state index >= 15 is 0 Å². The molecule has 0 radical (unpaired) electrons. The first-order chi connectivity index (χ1) is 9.10. The number of benzene rings is 2. The largest absolute Gasteiger partial charge is 0.486 e. The minimum Gasteiger partial charge on any atom is -0.486 e. The minimum absolute atomic E-state index is 0.0339. The Labute approximate surface area is 113 Å². The standard InChI is InChI=1S/C14H8ClF2NO/c15-11-3-2-10(12(16)6-11)8-19-14-4-1-9(7-18)5-13(14)17/h1-6H,8H2. The first-order valence-corrected chi connectivity index (χ1v) is 5.74. The summed E-state index contributed by atoms with van der Waals surface area (Å²) in [7, 11) is 0. The maximum Gasteiger partial charge on any atom is 0.166 e. The summed E-state index contributed by atoms with van der Waals surface area (Å²) in [6.45, 7) is -0.119. The highest BCUT2D eigenvalue weighted by molar-refractivity contribution is 6.30. The van der Waals surface area contributed by atoms with Gasteiger partial charge in [-0.2, -0.15) is 5.26 Å². The van der Waals surface area contributed by atoms with Crippen molar-refractivity contribution in [2.75, 3.05) is 0 Å². The molecule has 0 amide bonds. The second-order valence-corrected chi connectivity index (χ2v) is 4.22. The van der Waals surface area contributed by atoms with Crippen molar-refractivity contribution in [1.29, 1.82) is 5.26 Å². The molecule has 0 fully saturated rings. The van der Waals surface area contributed by atoms with Gasteiger partial charge in [0.05, 0.1) is 11.6 Å². The van der Waals surface area contributed by atoms with Gasteiger partial charge in [-0.25, -0.2) is 8.78 Å². The molecule has 0 bridgehead atoms.